The maximum atomic E-state index is 13.4. The lowest BCUT2D eigenvalue weighted by atomic mass is 10.1. The third-order valence-electron chi connectivity index (χ3n) is 3.85. The number of rotatable bonds is 5. The number of hydrogen-bond acceptors (Lipinski definition) is 7. The lowest BCUT2D eigenvalue weighted by Gasteiger charge is -2.23. The maximum Gasteiger partial charge on any atom is 0.148 e. The van der Waals surface area contributed by atoms with E-state index in [1.54, 1.807) is 30.1 Å². The van der Waals surface area contributed by atoms with Crippen LogP contribution in [-0.4, -0.2) is 30.9 Å². The molecule has 1 aliphatic rings. The van der Waals surface area contributed by atoms with Crippen molar-refractivity contribution in [2.75, 3.05) is 25.0 Å². The van der Waals surface area contributed by atoms with Gasteiger partial charge in [-0.1, -0.05) is 0 Å². The molecular formula is C18H20FN5OS. The number of halogens is 1. The van der Waals surface area contributed by atoms with Gasteiger partial charge in [0.05, 0.1) is 12.8 Å². The van der Waals surface area contributed by atoms with Crippen molar-refractivity contribution in [2.24, 2.45) is 10.8 Å². The number of benzene rings is 1. The van der Waals surface area contributed by atoms with Gasteiger partial charge in [-0.15, -0.1) is 0 Å². The molecule has 1 aromatic heterocycles. The van der Waals surface area contributed by atoms with Crippen LogP contribution in [0.3, 0.4) is 0 Å². The molecule has 0 bridgehead atoms. The molecule has 1 aromatic carbocycles. The molecule has 3 rings (SSSR count). The molecule has 0 fully saturated rings. The number of anilines is 1. The highest BCUT2D eigenvalue weighted by Gasteiger charge is 2.17. The van der Waals surface area contributed by atoms with Gasteiger partial charge in [0, 0.05) is 29.7 Å². The van der Waals surface area contributed by atoms with Gasteiger partial charge in [-0.3, -0.25) is 0 Å². The molecule has 0 spiro atoms. The Morgan fingerprint density at radius 2 is 2.19 bits per heavy atom. The van der Waals surface area contributed by atoms with Gasteiger partial charge in [0.25, 0.3) is 0 Å². The number of ether oxygens (including phenoxy) is 1. The van der Waals surface area contributed by atoms with E-state index in [9.17, 15) is 4.39 Å². The average molecular weight is 373 g/mol. The lowest BCUT2D eigenvalue weighted by molar-refractivity contribution is 0.409. The Labute approximate surface area is 155 Å². The molecule has 0 saturated heterocycles. The van der Waals surface area contributed by atoms with Crippen molar-refractivity contribution in [3.8, 4) is 5.75 Å². The van der Waals surface area contributed by atoms with Gasteiger partial charge in [-0.2, -0.15) is 11.8 Å². The molecule has 0 saturated carbocycles. The van der Waals surface area contributed by atoms with E-state index in [1.807, 2.05) is 18.4 Å². The molecule has 2 heterocycles. The zero-order valence-electron chi connectivity index (χ0n) is 14.6. The van der Waals surface area contributed by atoms with Gasteiger partial charge >= 0.3 is 0 Å². The third-order valence-corrected chi connectivity index (χ3v) is 4.47. The second-order valence-corrected chi connectivity index (χ2v) is 6.45. The molecule has 0 aliphatic carbocycles. The number of nitrogens with zero attached hydrogens (tertiary/aromatic N) is 3. The standard InChI is InChI=1S/C18H20FN5OS/c1-25-16-8-13(19)3-4-14(16)15-9-18(23-11-22-15)24(20)17-7-12(10-26-2)5-6-21-17/h3-9,22H,10-11,20H2,1-2H3. The molecule has 6 nitrogen and oxygen atoms in total. The molecule has 26 heavy (non-hydrogen) atoms. The van der Waals surface area contributed by atoms with Crippen LogP contribution in [-0.2, 0) is 5.75 Å². The quantitative estimate of drug-likeness (QED) is 0.620. The largest absolute Gasteiger partial charge is 0.496 e. The van der Waals surface area contributed by atoms with Crippen LogP contribution in [0.1, 0.15) is 11.1 Å². The van der Waals surface area contributed by atoms with E-state index in [1.165, 1.54) is 24.3 Å². The minimum atomic E-state index is -0.355. The van der Waals surface area contributed by atoms with Crippen LogP contribution in [0.25, 0.3) is 5.70 Å². The summed E-state index contributed by atoms with van der Waals surface area (Å²) in [4.78, 5) is 8.73. The van der Waals surface area contributed by atoms with Crippen molar-refractivity contribution in [2.45, 2.75) is 5.75 Å². The predicted octanol–water partition coefficient (Wildman–Crippen LogP) is 2.77. The number of aromatic nitrogens is 1. The summed E-state index contributed by atoms with van der Waals surface area (Å²) in [5, 5.41) is 4.61. The zero-order chi connectivity index (χ0) is 18.5. The SMILES string of the molecule is COc1cc(F)ccc1C1=CC(N(N)c2cc(CSC)ccn2)=NCN1. The Hall–Kier alpha value is -2.58. The van der Waals surface area contributed by atoms with Crippen LogP contribution in [0.15, 0.2) is 47.6 Å². The van der Waals surface area contributed by atoms with E-state index in [0.717, 1.165) is 22.6 Å². The van der Waals surface area contributed by atoms with Crippen molar-refractivity contribution in [3.63, 3.8) is 0 Å². The third kappa shape index (κ3) is 3.97. The Morgan fingerprint density at radius 3 is 2.96 bits per heavy atom. The summed E-state index contributed by atoms with van der Waals surface area (Å²) < 4.78 is 18.7. The fourth-order valence-corrected chi connectivity index (χ4v) is 3.12. The van der Waals surface area contributed by atoms with Crippen molar-refractivity contribution >= 4 is 29.1 Å². The van der Waals surface area contributed by atoms with Gasteiger partial charge in [0.2, 0.25) is 0 Å². The minimum absolute atomic E-state index is 0.347. The van der Waals surface area contributed by atoms with E-state index in [4.69, 9.17) is 10.6 Å². The van der Waals surface area contributed by atoms with Gasteiger partial charge in [0.15, 0.2) is 0 Å². The smallest absolute Gasteiger partial charge is 0.148 e. The molecule has 2 aromatic rings. The summed E-state index contributed by atoms with van der Waals surface area (Å²) in [6.45, 7) is 0.347. The van der Waals surface area contributed by atoms with Crippen LogP contribution in [0.5, 0.6) is 5.75 Å². The van der Waals surface area contributed by atoms with Crippen LogP contribution in [0.2, 0.25) is 0 Å². The number of amidine groups is 1. The maximum absolute atomic E-state index is 13.4. The van der Waals surface area contributed by atoms with E-state index in [2.05, 4.69) is 15.3 Å². The fraction of sp³-hybridized carbons (Fsp3) is 0.222. The second-order valence-electron chi connectivity index (χ2n) is 5.58. The Balaban J connectivity index is 1.90. The first-order valence-corrected chi connectivity index (χ1v) is 9.34. The highest BCUT2D eigenvalue weighted by molar-refractivity contribution is 7.97. The summed E-state index contributed by atoms with van der Waals surface area (Å²) in [7, 11) is 1.51. The van der Waals surface area contributed by atoms with E-state index in [-0.39, 0.29) is 5.82 Å². The molecule has 3 N–H and O–H groups in total. The number of pyridine rings is 1. The fourth-order valence-electron chi connectivity index (χ4n) is 2.60. The Morgan fingerprint density at radius 1 is 1.35 bits per heavy atom. The zero-order valence-corrected chi connectivity index (χ0v) is 15.4. The van der Waals surface area contributed by atoms with Crippen LogP contribution >= 0.6 is 11.8 Å². The van der Waals surface area contributed by atoms with Gasteiger partial charge in [0.1, 0.15) is 29.9 Å². The number of methoxy groups -OCH3 is 1. The van der Waals surface area contributed by atoms with Crippen LogP contribution < -0.4 is 20.9 Å². The van der Waals surface area contributed by atoms with Gasteiger partial charge in [-0.05, 0) is 36.1 Å². The highest BCUT2D eigenvalue weighted by Crippen LogP contribution is 2.27. The van der Waals surface area contributed by atoms with Crippen molar-refractivity contribution in [1.82, 2.24) is 10.3 Å². The molecule has 0 amide bonds. The molecular weight excluding hydrogens is 353 g/mol. The molecule has 1 aliphatic heterocycles. The topological polar surface area (TPSA) is 75.8 Å². The normalized spacial score (nSPS) is 13.5. The monoisotopic (exact) mass is 373 g/mol. The lowest BCUT2D eigenvalue weighted by Crippen LogP contribution is -2.40. The summed E-state index contributed by atoms with van der Waals surface area (Å²) >= 11 is 1.73. The van der Waals surface area contributed by atoms with Crippen molar-refractivity contribution < 1.29 is 9.13 Å². The summed E-state index contributed by atoms with van der Waals surface area (Å²) in [5.41, 5.74) is 2.62. The predicted molar refractivity (Wildman–Crippen MR) is 104 cm³/mol. The Kier molecular flexibility index (Phi) is 5.75. The van der Waals surface area contributed by atoms with Crippen molar-refractivity contribution in [3.05, 3.63) is 59.5 Å². The number of hydrogen-bond donors (Lipinski definition) is 2. The van der Waals surface area contributed by atoms with E-state index in [0.29, 0.717) is 24.1 Å². The number of aliphatic imine (C=N–C) groups is 1. The highest BCUT2D eigenvalue weighted by atomic mass is 32.2. The number of thioether (sulfide) groups is 1. The number of nitrogens with one attached hydrogen (secondary N) is 1. The first-order valence-electron chi connectivity index (χ1n) is 7.95. The molecule has 0 unspecified atom stereocenters. The molecule has 8 heteroatoms. The molecule has 136 valence electrons. The van der Waals surface area contributed by atoms with Crippen molar-refractivity contribution in [1.29, 1.82) is 0 Å². The second kappa shape index (κ2) is 8.20. The summed E-state index contributed by atoms with van der Waals surface area (Å²) in [6.07, 6.45) is 5.57. The summed E-state index contributed by atoms with van der Waals surface area (Å²) in [5.74, 6) is 8.37. The van der Waals surface area contributed by atoms with E-state index < -0.39 is 0 Å². The van der Waals surface area contributed by atoms with Crippen LogP contribution in [0, 0.1) is 5.82 Å². The Bertz CT molecular complexity index is 855. The molecule has 0 atom stereocenters. The van der Waals surface area contributed by atoms with Gasteiger partial charge in [-0.25, -0.2) is 25.2 Å². The first kappa shape index (κ1) is 18.2. The number of nitrogens with two attached hydrogens (primary N) is 1. The van der Waals surface area contributed by atoms with E-state index >= 15 is 0 Å². The minimum Gasteiger partial charge on any atom is -0.496 e. The average Bonchev–Trinajstić information content (AvgIpc) is 2.68. The number of hydrazine groups is 1. The van der Waals surface area contributed by atoms with Gasteiger partial charge < -0.3 is 10.1 Å². The first-order chi connectivity index (χ1) is 12.6. The summed E-state index contributed by atoms with van der Waals surface area (Å²) in [6, 6.07) is 8.29. The van der Waals surface area contributed by atoms with Crippen LogP contribution in [0.4, 0.5) is 10.2 Å². The molecule has 0 radical (unpaired) electrons.